The van der Waals surface area contributed by atoms with Crippen molar-refractivity contribution in [3.05, 3.63) is 48.9 Å². The molecule has 2 N–H and O–H groups in total. The highest BCUT2D eigenvalue weighted by atomic mass is 79.9. The van der Waals surface area contributed by atoms with Gasteiger partial charge in [0.2, 0.25) is 11.8 Å². The summed E-state index contributed by atoms with van der Waals surface area (Å²) in [6, 6.07) is -2.24. The number of oxazole rings is 2. The molecule has 4 bridgehead atoms. The number of hydrogen-bond donors (Lipinski definition) is 2. The van der Waals surface area contributed by atoms with Gasteiger partial charge < -0.3 is 52.2 Å². The van der Waals surface area contributed by atoms with Gasteiger partial charge in [-0.1, -0.05) is 0 Å². The topological polar surface area (TPSA) is 255 Å². The molecule has 0 spiro atoms. The van der Waals surface area contributed by atoms with Gasteiger partial charge in [-0.3, -0.25) is 5.21 Å². The molecule has 9 heterocycles. The van der Waals surface area contributed by atoms with Crippen LogP contribution in [0.3, 0.4) is 0 Å². The van der Waals surface area contributed by atoms with Gasteiger partial charge in [-0.2, -0.15) is 41.3 Å². The van der Waals surface area contributed by atoms with Gasteiger partial charge in [0.25, 0.3) is 0 Å². The van der Waals surface area contributed by atoms with Crippen molar-refractivity contribution in [2.75, 3.05) is 32.8 Å². The largest absolute Gasteiger partial charge is 0.477 e. The summed E-state index contributed by atoms with van der Waals surface area (Å²) in [5.41, 5.74) is -1.19. The van der Waals surface area contributed by atoms with Gasteiger partial charge >= 0.3 is 45.7 Å². The molecular weight excluding hydrogens is 1250 g/mol. The number of carbonyl (C=O) groups is 5. The van der Waals surface area contributed by atoms with Gasteiger partial charge in [-0.15, -0.1) is 0 Å². The zero-order valence-corrected chi connectivity index (χ0v) is 51.6. The lowest BCUT2D eigenvalue weighted by molar-refractivity contribution is -0.330. The summed E-state index contributed by atoms with van der Waals surface area (Å²) in [6.45, 7) is 25.4. The van der Waals surface area contributed by atoms with Crippen LogP contribution in [0.15, 0.2) is 45.9 Å². The molecule has 2 aromatic rings. The number of rotatable bonds is 10. The second kappa shape index (κ2) is 26.0. The van der Waals surface area contributed by atoms with Gasteiger partial charge in [0, 0.05) is 94.6 Å². The van der Waals surface area contributed by atoms with Crippen LogP contribution >= 0.6 is 31.9 Å². The lowest BCUT2D eigenvalue weighted by Gasteiger charge is -2.44. The van der Waals surface area contributed by atoms with E-state index in [1.807, 2.05) is 93.3 Å². The van der Waals surface area contributed by atoms with E-state index in [4.69, 9.17) is 32.5 Å². The fraction of sp³-hybridized carbons (Fsp3) is 0.717. The van der Waals surface area contributed by atoms with E-state index in [1.54, 1.807) is 44.9 Å². The fourth-order valence-corrected chi connectivity index (χ4v) is 11.2. The zero-order chi connectivity index (χ0) is 62.7. The predicted molar refractivity (Wildman–Crippen MR) is 288 cm³/mol. The number of amides is 4. The Labute approximate surface area is 493 Å². The molecule has 7 aliphatic heterocycles. The molecule has 0 radical (unpaired) electrons. The summed E-state index contributed by atoms with van der Waals surface area (Å²) in [5.74, 6) is -4.14. The highest BCUT2D eigenvalue weighted by Crippen LogP contribution is 2.40. The van der Waals surface area contributed by atoms with E-state index in [0.29, 0.717) is 48.3 Å². The van der Waals surface area contributed by atoms with E-state index < -0.39 is 80.4 Å². The first-order chi connectivity index (χ1) is 37.8. The molecule has 0 aliphatic carbocycles. The smallest absolute Gasteiger partial charge is 0.461 e. The SMILES string of the molecule is CC1(C)CC(O)CC(C)(C)O1.CC1(C)CC(OC(=O)C(F)(F)Br)CC(C)(C)O1.CC1(C)CC(OC(=O)C(F)(F)ON2C(=O)N3CC(c4ncco4)=CC2C3)CC(C)(C)O1.CCOC(=O)C(F)(F)Br.O=C1N2CC(c3ncco3)=CC(C2)N1O. The molecule has 2 aromatic heterocycles. The van der Waals surface area contributed by atoms with Crippen molar-refractivity contribution in [2.45, 2.75) is 208 Å². The van der Waals surface area contributed by atoms with Gasteiger partial charge in [0.1, 0.15) is 24.7 Å². The molecule has 2 atom stereocenters. The Hall–Kier alpha value is -4.85. The maximum Gasteiger partial charge on any atom is 0.477 e. The Kier molecular flexibility index (Phi) is 21.6. The van der Waals surface area contributed by atoms with Gasteiger partial charge in [0.15, 0.2) is 0 Å². The van der Waals surface area contributed by atoms with Crippen molar-refractivity contribution < 1.29 is 103 Å². The molecule has 2 unspecified atom stereocenters. The predicted octanol–water partition coefficient (Wildman–Crippen LogP) is 10.1. The number of hydrogen-bond acceptors (Lipinski definition) is 18. The minimum absolute atomic E-state index is 0.0416. The number of halogens is 8. The van der Waals surface area contributed by atoms with Crippen LogP contribution in [-0.4, -0.2) is 183 Å². The highest BCUT2D eigenvalue weighted by molar-refractivity contribution is 9.10. The van der Waals surface area contributed by atoms with Crippen LogP contribution in [0, 0.1) is 0 Å². The average Bonchev–Trinajstić information content (AvgIpc) is 4.14. The van der Waals surface area contributed by atoms with E-state index >= 15 is 0 Å². The molecule has 5 fully saturated rings. The Balaban J connectivity index is 0.000000206. The number of hydroxylamine groups is 4. The van der Waals surface area contributed by atoms with Gasteiger partial charge in [-0.05, 0) is 102 Å². The van der Waals surface area contributed by atoms with Crippen LogP contribution in [0.2, 0.25) is 0 Å². The van der Waals surface area contributed by atoms with Crippen molar-refractivity contribution in [3.63, 3.8) is 0 Å². The lowest BCUT2D eigenvalue weighted by atomic mass is 9.87. The Morgan fingerprint density at radius 2 is 0.988 bits per heavy atom. The zero-order valence-electron chi connectivity index (χ0n) is 48.4. The number of aromatic nitrogens is 2. The van der Waals surface area contributed by atoms with E-state index in [1.165, 1.54) is 30.5 Å². The van der Waals surface area contributed by atoms with E-state index in [2.05, 4.69) is 19.5 Å². The number of esters is 3. The summed E-state index contributed by atoms with van der Waals surface area (Å²) in [6.07, 6.45) is 6.22. The standard InChI is InChI=1S/C20H25F2N3O6.C11H17BrF2O3.C9H9N3O3.C9H18O2.C4H5BrF2O2/c1-18(2)8-14(9-19(3,4)30-18)29-16(26)20(21,22)31-25-13-7-12(15-23-5-6-28-15)10-24(11-13)17(25)27;1-9(2)5-7(6-10(3,4)17-9)16-8(15)11(12,13)14;13-9-11-4-6(8-10-1-2-15-8)3-7(5-11)12(9)14;1-8(2)5-7(10)6-9(3,4)11-8;1-2-9-3(8)4(5,6)7/h5-7,13-14H,8-11H2,1-4H3;7H,5-6H2,1-4H3;1-3,7,14H,4-5H2;7,10H,5-6H2,1-4H3;2H2,1H3. The van der Waals surface area contributed by atoms with Crippen LogP contribution in [0.1, 0.15) is 140 Å². The number of alkyl halides is 8. The minimum Gasteiger partial charge on any atom is -0.461 e. The highest BCUT2D eigenvalue weighted by Gasteiger charge is 2.54. The molecule has 7 aliphatic rings. The number of ether oxygens (including phenoxy) is 6. The quantitative estimate of drug-likeness (QED) is 0.0737. The van der Waals surface area contributed by atoms with E-state index in [0.717, 1.165) is 23.5 Å². The third kappa shape index (κ3) is 20.1. The first-order valence-electron chi connectivity index (χ1n) is 26.5. The average molecular weight is 1320 g/mol. The van der Waals surface area contributed by atoms with Crippen molar-refractivity contribution in [2.24, 2.45) is 0 Å². The second-order valence-corrected chi connectivity index (χ2v) is 26.3. The third-order valence-corrected chi connectivity index (χ3v) is 13.7. The van der Waals surface area contributed by atoms with Crippen molar-refractivity contribution >= 4 is 73.0 Å². The molecule has 22 nitrogen and oxygen atoms in total. The van der Waals surface area contributed by atoms with Crippen LogP contribution in [-0.2, 0) is 47.6 Å². The summed E-state index contributed by atoms with van der Waals surface area (Å²) in [5, 5.41) is 20.2. The molecule has 5 saturated heterocycles. The summed E-state index contributed by atoms with van der Waals surface area (Å²) < 4.78 is 120. The Morgan fingerprint density at radius 1 is 0.614 bits per heavy atom. The molecule has 0 saturated carbocycles. The van der Waals surface area contributed by atoms with E-state index in [9.17, 15) is 60.6 Å². The fourth-order valence-electron chi connectivity index (χ4n) is 11.0. The second-order valence-electron chi connectivity index (χ2n) is 24.3. The van der Waals surface area contributed by atoms with Gasteiger partial charge in [-0.25, -0.2) is 33.9 Å². The molecule has 9 rings (SSSR count). The number of aliphatic hydroxyl groups excluding tert-OH is 1. The van der Waals surface area contributed by atoms with Gasteiger partial charge in [0.05, 0.1) is 83.9 Å². The van der Waals surface area contributed by atoms with Crippen LogP contribution in [0.25, 0.3) is 11.1 Å². The molecular formula is C53H74Br2F6N6O16. The maximum atomic E-state index is 14.6. The maximum absolute atomic E-state index is 14.6. The number of aliphatic hydroxyl groups is 1. The molecule has 468 valence electrons. The molecule has 83 heavy (non-hydrogen) atoms. The Bertz CT molecular complexity index is 2600. The number of fused-ring (bicyclic) bond motifs is 4. The molecule has 0 aromatic carbocycles. The normalized spacial score (nSPS) is 24.2. The number of carbonyl (C=O) groups excluding carboxylic acids is 5. The first-order valence-corrected chi connectivity index (χ1v) is 28.0. The molecule has 4 amide bonds. The monoisotopic (exact) mass is 1320 g/mol. The van der Waals surface area contributed by atoms with Crippen molar-refractivity contribution in [1.82, 2.24) is 29.9 Å². The summed E-state index contributed by atoms with van der Waals surface area (Å²) >= 11 is 3.83. The van der Waals surface area contributed by atoms with E-state index in [-0.39, 0.29) is 61.9 Å². The van der Waals surface area contributed by atoms with Crippen molar-refractivity contribution in [3.8, 4) is 0 Å². The number of nitrogens with zero attached hydrogens (tertiary/aromatic N) is 6. The van der Waals surface area contributed by atoms with Crippen LogP contribution < -0.4 is 0 Å². The lowest BCUT2D eigenvalue weighted by Crippen LogP contribution is -2.51. The summed E-state index contributed by atoms with van der Waals surface area (Å²) in [4.78, 5) is 65.7. The molecule has 30 heteroatoms. The minimum atomic E-state index is -4.34. The number of urea groups is 2. The van der Waals surface area contributed by atoms with Crippen LogP contribution in [0.5, 0.6) is 0 Å². The van der Waals surface area contributed by atoms with Crippen molar-refractivity contribution in [1.29, 1.82) is 0 Å². The van der Waals surface area contributed by atoms with Crippen LogP contribution in [0.4, 0.5) is 35.9 Å². The summed E-state index contributed by atoms with van der Waals surface area (Å²) in [7, 11) is 0. The first kappa shape index (κ1) is 68.9. The Morgan fingerprint density at radius 3 is 1.34 bits per heavy atom. The third-order valence-electron chi connectivity index (χ3n) is 13.0.